The van der Waals surface area contributed by atoms with Crippen LogP contribution < -0.4 is 0 Å². The van der Waals surface area contributed by atoms with Crippen molar-refractivity contribution in [3.63, 3.8) is 0 Å². The SMILES string of the molecule is CCOC(=O)CC(B1OC(C)(C)C(C)(C)O1)c1c(F)cccc1C(F)(F)F. The summed E-state index contributed by atoms with van der Waals surface area (Å²) in [7, 11) is -1.24. The molecule has 1 atom stereocenters. The third kappa shape index (κ3) is 4.46. The molecule has 9 heteroatoms. The number of esters is 1. The maximum absolute atomic E-state index is 14.5. The van der Waals surface area contributed by atoms with Gasteiger partial charge in [0.25, 0.3) is 0 Å². The number of ether oxygens (including phenoxy) is 1. The topological polar surface area (TPSA) is 44.8 Å². The lowest BCUT2D eigenvalue weighted by Crippen LogP contribution is -2.41. The predicted molar refractivity (Wildman–Crippen MR) is 91.5 cm³/mol. The minimum atomic E-state index is -4.80. The molecule has 1 aliphatic heterocycles. The Kier molecular flexibility index (Phi) is 5.97. The molecule has 27 heavy (non-hydrogen) atoms. The van der Waals surface area contributed by atoms with Crippen LogP contribution in [0.4, 0.5) is 17.6 Å². The Bertz CT molecular complexity index is 687. The van der Waals surface area contributed by atoms with Crippen LogP contribution in [0.25, 0.3) is 0 Å². The summed E-state index contributed by atoms with van der Waals surface area (Å²) in [4.78, 5) is 12.0. The highest BCUT2D eigenvalue weighted by Gasteiger charge is 2.55. The quantitative estimate of drug-likeness (QED) is 0.422. The largest absolute Gasteiger partial charge is 0.466 e. The van der Waals surface area contributed by atoms with Crippen LogP contribution in [0.1, 0.15) is 58.0 Å². The minimum absolute atomic E-state index is 0.0539. The standard InChI is InChI=1S/C18H23BF4O4/c1-6-25-14(24)10-12(19-26-16(2,3)17(4,5)27-19)15-11(18(21,22)23)8-7-9-13(15)20/h7-9,12H,6,10H2,1-5H3. The van der Waals surface area contributed by atoms with Gasteiger partial charge in [-0.2, -0.15) is 13.2 Å². The van der Waals surface area contributed by atoms with E-state index < -0.39 is 59.6 Å². The molecule has 1 unspecified atom stereocenters. The van der Waals surface area contributed by atoms with E-state index in [2.05, 4.69) is 0 Å². The van der Waals surface area contributed by atoms with Gasteiger partial charge in [-0.25, -0.2) is 4.39 Å². The first-order valence-corrected chi connectivity index (χ1v) is 8.67. The van der Waals surface area contributed by atoms with Gasteiger partial charge in [-0.15, -0.1) is 0 Å². The van der Waals surface area contributed by atoms with Crippen LogP contribution in [-0.2, 0) is 25.0 Å². The van der Waals surface area contributed by atoms with Gasteiger partial charge < -0.3 is 14.0 Å². The molecule has 1 saturated heterocycles. The fourth-order valence-corrected chi connectivity index (χ4v) is 2.95. The molecule has 1 heterocycles. The molecule has 4 nitrogen and oxygen atoms in total. The summed E-state index contributed by atoms with van der Waals surface area (Å²) in [5.41, 5.74) is -3.52. The molecular weight excluding hydrogens is 367 g/mol. The lowest BCUT2D eigenvalue weighted by atomic mass is 9.65. The molecule has 1 aromatic carbocycles. The van der Waals surface area contributed by atoms with Crippen LogP contribution in [0, 0.1) is 5.82 Å². The van der Waals surface area contributed by atoms with Crippen molar-refractivity contribution in [1.82, 2.24) is 0 Å². The third-order valence-electron chi connectivity index (χ3n) is 5.02. The second kappa shape index (κ2) is 7.43. The number of carbonyl (C=O) groups is 1. The van der Waals surface area contributed by atoms with Crippen molar-refractivity contribution in [2.45, 2.75) is 64.2 Å². The first kappa shape index (κ1) is 21.7. The number of hydrogen-bond donors (Lipinski definition) is 0. The van der Waals surface area contributed by atoms with E-state index in [0.717, 1.165) is 18.2 Å². The molecule has 1 fully saturated rings. The van der Waals surface area contributed by atoms with Gasteiger partial charge in [0.05, 0.1) is 29.8 Å². The summed E-state index contributed by atoms with van der Waals surface area (Å²) in [6.07, 6.45) is -5.30. The van der Waals surface area contributed by atoms with Crippen molar-refractivity contribution in [3.8, 4) is 0 Å². The summed E-state index contributed by atoms with van der Waals surface area (Å²) in [5, 5.41) is 0. The Labute approximate surface area is 156 Å². The maximum atomic E-state index is 14.5. The van der Waals surface area contributed by atoms with Crippen LogP contribution in [0.2, 0.25) is 0 Å². The molecule has 0 amide bonds. The lowest BCUT2D eigenvalue weighted by molar-refractivity contribution is -0.144. The molecule has 0 saturated carbocycles. The van der Waals surface area contributed by atoms with Crippen LogP contribution in [0.3, 0.4) is 0 Å². The molecule has 0 aliphatic carbocycles. The first-order chi connectivity index (χ1) is 12.3. The Balaban J connectivity index is 2.54. The third-order valence-corrected chi connectivity index (χ3v) is 5.02. The fraction of sp³-hybridized carbons (Fsp3) is 0.611. The lowest BCUT2D eigenvalue weighted by Gasteiger charge is -2.32. The highest BCUT2D eigenvalue weighted by Crippen LogP contribution is 2.45. The van der Waals surface area contributed by atoms with E-state index in [1.165, 1.54) is 0 Å². The van der Waals surface area contributed by atoms with Crippen LogP contribution >= 0.6 is 0 Å². The summed E-state index contributed by atoms with van der Waals surface area (Å²) >= 11 is 0. The van der Waals surface area contributed by atoms with E-state index >= 15 is 0 Å². The Morgan fingerprint density at radius 3 is 2.22 bits per heavy atom. The molecule has 1 aromatic rings. The highest BCUT2D eigenvalue weighted by molar-refractivity contribution is 6.48. The van der Waals surface area contributed by atoms with Gasteiger partial charge in [0, 0.05) is 11.4 Å². The molecule has 2 rings (SSSR count). The van der Waals surface area contributed by atoms with Gasteiger partial charge in [0.1, 0.15) is 5.82 Å². The van der Waals surface area contributed by atoms with Gasteiger partial charge in [0.2, 0.25) is 0 Å². The zero-order valence-corrected chi connectivity index (χ0v) is 15.9. The molecule has 0 radical (unpaired) electrons. The van der Waals surface area contributed by atoms with Crippen LogP contribution in [0.15, 0.2) is 18.2 Å². The van der Waals surface area contributed by atoms with Gasteiger partial charge >= 0.3 is 19.3 Å². The summed E-state index contributed by atoms with van der Waals surface area (Å²) in [5.74, 6) is -3.15. The zero-order valence-electron chi connectivity index (χ0n) is 15.9. The Morgan fingerprint density at radius 1 is 1.19 bits per heavy atom. The van der Waals surface area contributed by atoms with Gasteiger partial charge in [-0.3, -0.25) is 4.79 Å². The van der Waals surface area contributed by atoms with Crippen molar-refractivity contribution in [2.24, 2.45) is 0 Å². The predicted octanol–water partition coefficient (Wildman–Crippen LogP) is 4.51. The Morgan fingerprint density at radius 2 is 1.74 bits per heavy atom. The van der Waals surface area contributed by atoms with Crippen molar-refractivity contribution in [2.75, 3.05) is 6.61 Å². The second-order valence-corrected chi connectivity index (χ2v) is 7.44. The van der Waals surface area contributed by atoms with Crippen molar-refractivity contribution >= 4 is 13.1 Å². The van der Waals surface area contributed by atoms with E-state index in [4.69, 9.17) is 14.0 Å². The van der Waals surface area contributed by atoms with Crippen molar-refractivity contribution < 1.29 is 36.4 Å². The van der Waals surface area contributed by atoms with E-state index in [1.54, 1.807) is 34.6 Å². The van der Waals surface area contributed by atoms with Crippen molar-refractivity contribution in [3.05, 3.63) is 35.1 Å². The molecule has 0 bridgehead atoms. The number of carbonyl (C=O) groups excluding carboxylic acids is 1. The number of alkyl halides is 3. The number of halogens is 4. The normalized spacial score (nSPS) is 19.8. The molecule has 0 N–H and O–H groups in total. The first-order valence-electron chi connectivity index (χ1n) is 8.67. The summed E-state index contributed by atoms with van der Waals surface area (Å²) < 4.78 is 71.6. The van der Waals surface area contributed by atoms with E-state index in [9.17, 15) is 22.4 Å². The monoisotopic (exact) mass is 390 g/mol. The van der Waals surface area contributed by atoms with Gasteiger partial charge in [-0.05, 0) is 46.8 Å². The molecule has 0 aromatic heterocycles. The van der Waals surface area contributed by atoms with Gasteiger partial charge in [0.15, 0.2) is 0 Å². The van der Waals surface area contributed by atoms with Crippen molar-refractivity contribution in [1.29, 1.82) is 0 Å². The van der Waals surface area contributed by atoms with E-state index in [-0.39, 0.29) is 6.61 Å². The van der Waals surface area contributed by atoms with E-state index in [0.29, 0.717) is 0 Å². The van der Waals surface area contributed by atoms with Gasteiger partial charge in [-0.1, -0.05) is 6.07 Å². The number of rotatable bonds is 5. The molecular formula is C18H23BF4O4. The average Bonchev–Trinajstić information content (AvgIpc) is 2.72. The average molecular weight is 390 g/mol. The summed E-state index contributed by atoms with van der Waals surface area (Å²) in [6.45, 7) is 8.52. The zero-order chi connectivity index (χ0) is 20.6. The van der Waals surface area contributed by atoms with E-state index in [1.807, 2.05) is 0 Å². The smallest absolute Gasteiger partial charge is 0.466 e. The molecule has 0 spiro atoms. The van der Waals surface area contributed by atoms with Crippen LogP contribution in [0.5, 0.6) is 0 Å². The molecule has 1 aliphatic rings. The highest BCUT2D eigenvalue weighted by atomic mass is 19.4. The maximum Gasteiger partial charge on any atom is 0.466 e. The number of benzene rings is 1. The van der Waals surface area contributed by atoms with Crippen LogP contribution in [-0.4, -0.2) is 30.9 Å². The minimum Gasteiger partial charge on any atom is -0.466 e. The Hall–Kier alpha value is -1.61. The fourth-order valence-electron chi connectivity index (χ4n) is 2.95. The molecule has 150 valence electrons. The second-order valence-electron chi connectivity index (χ2n) is 7.44. The summed E-state index contributed by atoms with van der Waals surface area (Å²) in [6, 6.07) is 2.68. The number of hydrogen-bond acceptors (Lipinski definition) is 4.